The first kappa shape index (κ1) is 15.9. The van der Waals surface area contributed by atoms with E-state index in [1.807, 2.05) is 0 Å². The van der Waals surface area contributed by atoms with Gasteiger partial charge in [0, 0.05) is 19.4 Å². The number of nitrogens with zero attached hydrogens (tertiary/aromatic N) is 2. The lowest BCUT2D eigenvalue weighted by Gasteiger charge is -2.21. The fourth-order valence-electron chi connectivity index (χ4n) is 1.49. The second-order valence-corrected chi connectivity index (χ2v) is 4.92. The number of ether oxygens (including phenoxy) is 1. The van der Waals surface area contributed by atoms with Crippen LogP contribution in [0.25, 0.3) is 0 Å². The number of esters is 1. The molecule has 20 heavy (non-hydrogen) atoms. The van der Waals surface area contributed by atoms with Gasteiger partial charge in [0.1, 0.15) is 5.41 Å². The molecule has 1 heterocycles. The molecule has 0 radical (unpaired) electrons. The molecule has 0 saturated carbocycles. The first-order valence-electron chi connectivity index (χ1n) is 6.18. The standard InChI is InChI=1S/C13H18N2O5/c1-5-20-12(19)13(2,3)9(16)8-15-7-6-14(4)10(17)11(15)18/h6-7H,5,8H2,1-4H3. The second kappa shape index (κ2) is 5.85. The van der Waals surface area contributed by atoms with Crippen molar-refractivity contribution in [1.29, 1.82) is 0 Å². The van der Waals surface area contributed by atoms with Gasteiger partial charge in [0.25, 0.3) is 0 Å². The van der Waals surface area contributed by atoms with Crippen LogP contribution in [0, 0.1) is 5.41 Å². The fraction of sp³-hybridized carbons (Fsp3) is 0.538. The number of carbonyl (C=O) groups excluding carboxylic acids is 2. The van der Waals surface area contributed by atoms with Crippen LogP contribution in [0.15, 0.2) is 22.0 Å². The van der Waals surface area contributed by atoms with Crippen LogP contribution < -0.4 is 11.1 Å². The van der Waals surface area contributed by atoms with E-state index < -0.39 is 28.3 Å². The smallest absolute Gasteiger partial charge is 0.319 e. The Hall–Kier alpha value is -2.18. The maximum Gasteiger partial charge on any atom is 0.319 e. The lowest BCUT2D eigenvalue weighted by molar-refractivity contribution is -0.158. The second-order valence-electron chi connectivity index (χ2n) is 4.92. The zero-order valence-electron chi connectivity index (χ0n) is 12.0. The Balaban J connectivity index is 3.03. The minimum absolute atomic E-state index is 0.168. The molecule has 1 aromatic heterocycles. The van der Waals surface area contributed by atoms with Gasteiger partial charge in [-0.2, -0.15) is 0 Å². The molecule has 0 amide bonds. The van der Waals surface area contributed by atoms with Crippen LogP contribution in [0.5, 0.6) is 0 Å². The Labute approximate surface area is 115 Å². The Morgan fingerprint density at radius 2 is 1.80 bits per heavy atom. The molecule has 0 N–H and O–H groups in total. The minimum Gasteiger partial charge on any atom is -0.465 e. The van der Waals surface area contributed by atoms with Gasteiger partial charge in [0.2, 0.25) is 0 Å². The van der Waals surface area contributed by atoms with E-state index in [2.05, 4.69) is 0 Å². The highest BCUT2D eigenvalue weighted by Gasteiger charge is 2.37. The summed E-state index contributed by atoms with van der Waals surface area (Å²) in [7, 11) is 1.44. The third-order valence-electron chi connectivity index (χ3n) is 3.03. The highest BCUT2D eigenvalue weighted by atomic mass is 16.5. The molecule has 0 aliphatic carbocycles. The summed E-state index contributed by atoms with van der Waals surface area (Å²) in [6.07, 6.45) is 2.72. The van der Waals surface area contributed by atoms with Gasteiger partial charge in [-0.25, -0.2) is 0 Å². The van der Waals surface area contributed by atoms with E-state index in [0.717, 1.165) is 9.13 Å². The van der Waals surface area contributed by atoms with Crippen LogP contribution in [0.4, 0.5) is 0 Å². The van der Waals surface area contributed by atoms with Crippen molar-refractivity contribution in [3.63, 3.8) is 0 Å². The van der Waals surface area contributed by atoms with Crippen LogP contribution in [0.3, 0.4) is 0 Å². The number of ketones is 1. The van der Waals surface area contributed by atoms with Crippen molar-refractivity contribution < 1.29 is 14.3 Å². The van der Waals surface area contributed by atoms with Crippen molar-refractivity contribution in [2.75, 3.05) is 6.61 Å². The molecule has 7 nitrogen and oxygen atoms in total. The number of carbonyl (C=O) groups is 2. The number of hydrogen-bond donors (Lipinski definition) is 0. The first-order chi connectivity index (χ1) is 9.21. The molecule has 0 unspecified atom stereocenters. The third-order valence-corrected chi connectivity index (χ3v) is 3.03. The van der Waals surface area contributed by atoms with Crippen molar-refractivity contribution in [2.45, 2.75) is 27.3 Å². The molecule has 110 valence electrons. The summed E-state index contributed by atoms with van der Waals surface area (Å²) in [5.74, 6) is -1.15. The summed E-state index contributed by atoms with van der Waals surface area (Å²) >= 11 is 0. The monoisotopic (exact) mass is 282 g/mol. The molecule has 0 aliphatic rings. The van der Waals surface area contributed by atoms with E-state index in [0.29, 0.717) is 0 Å². The molecule has 7 heteroatoms. The third kappa shape index (κ3) is 3.04. The van der Waals surface area contributed by atoms with Gasteiger partial charge in [-0.1, -0.05) is 0 Å². The fourth-order valence-corrected chi connectivity index (χ4v) is 1.49. The Bertz CT molecular complexity index is 639. The predicted molar refractivity (Wildman–Crippen MR) is 71.4 cm³/mol. The molecule has 1 aromatic rings. The van der Waals surface area contributed by atoms with Crippen LogP contribution in [0.2, 0.25) is 0 Å². The summed E-state index contributed by atoms with van der Waals surface area (Å²) in [6.45, 7) is 4.32. The lowest BCUT2D eigenvalue weighted by atomic mass is 9.88. The molecule has 1 rings (SSSR count). The zero-order chi connectivity index (χ0) is 15.5. The van der Waals surface area contributed by atoms with Crippen LogP contribution in [0.1, 0.15) is 20.8 Å². The van der Waals surface area contributed by atoms with Crippen LogP contribution in [-0.2, 0) is 27.9 Å². The van der Waals surface area contributed by atoms with E-state index in [9.17, 15) is 19.2 Å². The number of aryl methyl sites for hydroxylation is 1. The van der Waals surface area contributed by atoms with E-state index in [-0.39, 0.29) is 13.2 Å². The van der Waals surface area contributed by atoms with E-state index in [1.54, 1.807) is 6.92 Å². The molecule has 0 aromatic carbocycles. The summed E-state index contributed by atoms with van der Waals surface area (Å²) in [4.78, 5) is 47.0. The van der Waals surface area contributed by atoms with Gasteiger partial charge >= 0.3 is 17.1 Å². The van der Waals surface area contributed by atoms with Crippen LogP contribution >= 0.6 is 0 Å². The van der Waals surface area contributed by atoms with Crippen LogP contribution in [-0.4, -0.2) is 27.5 Å². The molecule has 0 bridgehead atoms. The highest BCUT2D eigenvalue weighted by Crippen LogP contribution is 2.19. The molecule has 0 spiro atoms. The van der Waals surface area contributed by atoms with Crippen molar-refractivity contribution in [3.8, 4) is 0 Å². The van der Waals surface area contributed by atoms with Gasteiger partial charge in [0.15, 0.2) is 5.78 Å². The maximum absolute atomic E-state index is 12.1. The van der Waals surface area contributed by atoms with Gasteiger partial charge in [0.05, 0.1) is 13.2 Å². The average molecular weight is 282 g/mol. The number of hydrogen-bond acceptors (Lipinski definition) is 5. The van der Waals surface area contributed by atoms with Gasteiger partial charge in [-0.05, 0) is 20.8 Å². The molecular formula is C13H18N2O5. The lowest BCUT2D eigenvalue weighted by Crippen LogP contribution is -2.44. The van der Waals surface area contributed by atoms with Crippen molar-refractivity contribution in [1.82, 2.24) is 9.13 Å². The number of rotatable bonds is 5. The largest absolute Gasteiger partial charge is 0.465 e. The molecule has 0 atom stereocenters. The number of aromatic nitrogens is 2. The molecular weight excluding hydrogens is 264 g/mol. The van der Waals surface area contributed by atoms with E-state index in [1.165, 1.54) is 33.3 Å². The molecule has 0 aliphatic heterocycles. The van der Waals surface area contributed by atoms with E-state index >= 15 is 0 Å². The highest BCUT2D eigenvalue weighted by molar-refractivity contribution is 6.02. The molecule has 0 fully saturated rings. The van der Waals surface area contributed by atoms with Gasteiger partial charge < -0.3 is 13.9 Å². The van der Waals surface area contributed by atoms with Gasteiger partial charge in [-0.15, -0.1) is 0 Å². The Morgan fingerprint density at radius 3 is 2.35 bits per heavy atom. The SMILES string of the molecule is CCOC(=O)C(C)(C)C(=O)Cn1ccn(C)c(=O)c1=O. The Morgan fingerprint density at radius 1 is 1.20 bits per heavy atom. The summed E-state index contributed by atoms with van der Waals surface area (Å²) < 4.78 is 6.94. The summed E-state index contributed by atoms with van der Waals surface area (Å²) in [5, 5.41) is 0. The van der Waals surface area contributed by atoms with Gasteiger partial charge in [-0.3, -0.25) is 19.2 Å². The maximum atomic E-state index is 12.1. The topological polar surface area (TPSA) is 87.4 Å². The first-order valence-corrected chi connectivity index (χ1v) is 6.18. The summed E-state index contributed by atoms with van der Waals surface area (Å²) in [6, 6.07) is 0. The quantitative estimate of drug-likeness (QED) is 0.420. The van der Waals surface area contributed by atoms with Crippen molar-refractivity contribution >= 4 is 11.8 Å². The summed E-state index contributed by atoms with van der Waals surface area (Å²) in [5.41, 5.74) is -2.89. The molecule has 0 saturated heterocycles. The van der Waals surface area contributed by atoms with E-state index in [4.69, 9.17) is 4.74 Å². The number of Topliss-reactive ketones (excluding diaryl/α,β-unsaturated/α-hetero) is 1. The van der Waals surface area contributed by atoms with Crippen molar-refractivity contribution in [2.24, 2.45) is 12.5 Å². The van der Waals surface area contributed by atoms with Crippen molar-refractivity contribution in [3.05, 3.63) is 33.1 Å². The zero-order valence-corrected chi connectivity index (χ0v) is 12.0. The predicted octanol–water partition coefficient (Wildman–Crippen LogP) is -0.295. The Kier molecular flexibility index (Phi) is 4.65. The average Bonchev–Trinajstić information content (AvgIpc) is 2.39. The minimum atomic E-state index is -1.36. The normalized spacial score (nSPS) is 11.2.